The SMILES string of the molecule is COc1ccc(CN(Cc2ccc3c(c2)OC(CC(C)(C)c2ccc(CN(Cc4ccc5c(c4)OCO5)Cc4ncc(C(=O)N5CC6(C)CC5=CC(C)(C)C6)s4)cc2)O3)Cc2nc(C(=O)NCc3ccccc3)cs2)cc1. The minimum Gasteiger partial charge on any atom is -0.497 e. The Morgan fingerprint density at radius 3 is 2.12 bits per heavy atom. The van der Waals surface area contributed by atoms with Gasteiger partial charge < -0.3 is 33.9 Å². The van der Waals surface area contributed by atoms with Crippen molar-refractivity contribution in [3.63, 3.8) is 0 Å². The van der Waals surface area contributed by atoms with E-state index in [1.807, 2.05) is 64.9 Å². The van der Waals surface area contributed by atoms with Crippen molar-refractivity contribution in [1.82, 2.24) is 30.0 Å². The second-order valence-electron chi connectivity index (χ2n) is 22.7. The van der Waals surface area contributed by atoms with Crippen molar-refractivity contribution in [1.29, 1.82) is 0 Å². The first-order valence-corrected chi connectivity index (χ1v) is 28.1. The normalized spacial score (nSPS) is 18.0. The van der Waals surface area contributed by atoms with Crippen molar-refractivity contribution in [2.45, 2.75) is 111 Å². The van der Waals surface area contributed by atoms with Crippen molar-refractivity contribution in [3.8, 4) is 28.7 Å². The third kappa shape index (κ3) is 12.4. The van der Waals surface area contributed by atoms with E-state index in [1.165, 1.54) is 33.8 Å². The third-order valence-corrected chi connectivity index (χ3v) is 16.7. The highest BCUT2D eigenvalue weighted by Gasteiger charge is 2.47. The van der Waals surface area contributed by atoms with E-state index in [0.717, 1.165) is 86.1 Å². The van der Waals surface area contributed by atoms with Crippen LogP contribution in [0, 0.1) is 10.8 Å². The van der Waals surface area contributed by atoms with Crippen molar-refractivity contribution in [2.75, 3.05) is 20.4 Å². The van der Waals surface area contributed by atoms with Gasteiger partial charge in [0.05, 0.1) is 26.4 Å². The molecule has 398 valence electrons. The number of hydrogen-bond acceptors (Lipinski definition) is 13. The fraction of sp³-hybridized carbons (Fsp3) is 0.355. The van der Waals surface area contributed by atoms with Gasteiger partial charge in [-0.25, -0.2) is 9.97 Å². The summed E-state index contributed by atoms with van der Waals surface area (Å²) in [6, 6.07) is 39.1. The number of aromatic nitrogens is 2. The second-order valence-corrected chi connectivity index (χ2v) is 24.7. The lowest BCUT2D eigenvalue weighted by Gasteiger charge is -2.34. The molecular weight excluding hydrogens is 1000 g/mol. The maximum Gasteiger partial charge on any atom is 0.271 e. The maximum atomic E-state index is 14.0. The molecule has 77 heavy (non-hydrogen) atoms. The zero-order valence-corrected chi connectivity index (χ0v) is 46.3. The van der Waals surface area contributed by atoms with Crippen LogP contribution >= 0.6 is 22.7 Å². The number of amides is 2. The van der Waals surface area contributed by atoms with Crippen LogP contribution in [0.1, 0.15) is 117 Å². The molecule has 0 saturated carbocycles. The molecule has 1 N–H and O–H groups in total. The summed E-state index contributed by atoms with van der Waals surface area (Å²) in [5.41, 5.74) is 8.16. The summed E-state index contributed by atoms with van der Waals surface area (Å²) in [6.07, 6.45) is 6.25. The molecule has 15 heteroatoms. The third-order valence-electron chi connectivity index (χ3n) is 14.9. The molecule has 11 rings (SSSR count). The second kappa shape index (κ2) is 21.8. The molecule has 0 radical (unpaired) electrons. The van der Waals surface area contributed by atoms with Crippen LogP contribution < -0.4 is 29.0 Å². The Balaban J connectivity index is 0.735. The van der Waals surface area contributed by atoms with Gasteiger partial charge in [0.15, 0.2) is 23.0 Å². The first-order chi connectivity index (χ1) is 37.1. The molecule has 1 aliphatic carbocycles. The molecule has 5 aromatic carbocycles. The lowest BCUT2D eigenvalue weighted by Crippen LogP contribution is -2.30. The van der Waals surface area contributed by atoms with Crippen LogP contribution in [-0.4, -0.2) is 63.2 Å². The topological polar surface area (TPSA) is 128 Å². The zero-order valence-electron chi connectivity index (χ0n) is 44.7. The monoisotopic (exact) mass is 1070 g/mol. The van der Waals surface area contributed by atoms with Crippen LogP contribution in [0.4, 0.5) is 0 Å². The highest BCUT2D eigenvalue weighted by Crippen LogP contribution is 2.51. The van der Waals surface area contributed by atoms with Crippen molar-refractivity contribution < 1.29 is 33.3 Å². The molecule has 2 aromatic heterocycles. The van der Waals surface area contributed by atoms with Crippen LogP contribution in [-0.2, 0) is 51.2 Å². The van der Waals surface area contributed by atoms with E-state index in [4.69, 9.17) is 33.7 Å². The number of nitrogens with zero attached hydrogens (tertiary/aromatic N) is 5. The molecular formula is C62H66N6O7S2. The van der Waals surface area contributed by atoms with Crippen LogP contribution in [0.15, 0.2) is 139 Å². The van der Waals surface area contributed by atoms with E-state index in [1.54, 1.807) is 13.3 Å². The Labute approximate surface area is 459 Å². The average Bonchev–Trinajstić information content (AvgIpc) is 4.34. The van der Waals surface area contributed by atoms with Gasteiger partial charge >= 0.3 is 0 Å². The number of likely N-dealkylation sites (tertiary alicyclic amines) is 1. The number of methoxy groups -OCH3 is 1. The molecule has 4 aliphatic rings. The number of rotatable bonds is 20. The first-order valence-electron chi connectivity index (χ1n) is 26.4. The summed E-state index contributed by atoms with van der Waals surface area (Å²) in [7, 11) is 1.67. The van der Waals surface area contributed by atoms with E-state index >= 15 is 0 Å². The highest BCUT2D eigenvalue weighted by atomic mass is 32.1. The summed E-state index contributed by atoms with van der Waals surface area (Å²) in [5, 5.41) is 6.59. The Kier molecular flexibility index (Phi) is 14.7. The Bertz CT molecular complexity index is 3280. The molecule has 5 heterocycles. The number of allylic oxidation sites excluding steroid dienone is 2. The van der Waals surface area contributed by atoms with Gasteiger partial charge in [0.2, 0.25) is 13.1 Å². The summed E-state index contributed by atoms with van der Waals surface area (Å²) in [4.78, 5) is 44.1. The zero-order chi connectivity index (χ0) is 53.3. The number of hydrogen-bond donors (Lipinski definition) is 1. The Morgan fingerprint density at radius 1 is 0.753 bits per heavy atom. The molecule has 3 aliphatic heterocycles. The number of fused-ring (bicyclic) bond motifs is 4. The Hall–Kier alpha value is -7.04. The van der Waals surface area contributed by atoms with Crippen molar-refractivity contribution in [2.24, 2.45) is 10.8 Å². The average molecular weight is 1070 g/mol. The fourth-order valence-electron chi connectivity index (χ4n) is 11.4. The van der Waals surface area contributed by atoms with Gasteiger partial charge in [0.25, 0.3) is 11.8 Å². The first kappa shape index (κ1) is 52.0. The fourth-order valence-corrected chi connectivity index (χ4v) is 13.2. The van der Waals surface area contributed by atoms with Crippen molar-refractivity contribution >= 4 is 34.5 Å². The van der Waals surface area contributed by atoms with Gasteiger partial charge in [-0.3, -0.25) is 19.4 Å². The molecule has 7 aromatic rings. The highest BCUT2D eigenvalue weighted by molar-refractivity contribution is 7.13. The number of ether oxygens (including phenoxy) is 5. The van der Waals surface area contributed by atoms with E-state index in [0.29, 0.717) is 62.8 Å². The summed E-state index contributed by atoms with van der Waals surface area (Å²) in [5.74, 6) is 3.63. The van der Waals surface area contributed by atoms with Gasteiger partial charge in [0, 0.05) is 56.8 Å². The van der Waals surface area contributed by atoms with Gasteiger partial charge in [0.1, 0.15) is 26.3 Å². The molecule has 1 fully saturated rings. The molecule has 2 bridgehead atoms. The van der Waals surface area contributed by atoms with Crippen LogP contribution in [0.5, 0.6) is 28.7 Å². The predicted octanol–water partition coefficient (Wildman–Crippen LogP) is 12.3. The number of thiazole rings is 2. The lowest BCUT2D eigenvalue weighted by molar-refractivity contribution is 0.0248. The van der Waals surface area contributed by atoms with Crippen molar-refractivity contribution in [3.05, 3.63) is 193 Å². The van der Waals surface area contributed by atoms with E-state index in [-0.39, 0.29) is 34.9 Å². The Morgan fingerprint density at radius 2 is 1.39 bits per heavy atom. The van der Waals surface area contributed by atoms with Gasteiger partial charge in [-0.1, -0.05) is 120 Å². The standard InChI is InChI=1S/C62H66N6O7S2/c1-60(2)26-47-27-62(5,38-60)39-68(47)59(70)54-30-63-55(77-54)35-66(33-44-16-22-50-52(24-44)73-40-72-50)31-42-12-18-46(19-13-42)61(3,4)28-57-74-51-23-17-45(25-53(51)75-57)34-67(32-43-14-20-48(71-6)21-15-43)36-56-65-49(37-76-56)58(69)64-29-41-10-8-7-9-11-41/h7-26,30,37,57H,27-29,31-36,38-40H2,1-6H3,(H,64,69). The van der Waals surface area contributed by atoms with Crippen LogP contribution in [0.25, 0.3) is 0 Å². The molecule has 2 unspecified atom stereocenters. The van der Waals surface area contributed by atoms with Gasteiger partial charge in [-0.15, -0.1) is 22.7 Å². The van der Waals surface area contributed by atoms with Crippen LogP contribution in [0.2, 0.25) is 0 Å². The summed E-state index contributed by atoms with van der Waals surface area (Å²) >= 11 is 2.98. The van der Waals surface area contributed by atoms with E-state index in [2.05, 4.69) is 116 Å². The number of benzene rings is 5. The van der Waals surface area contributed by atoms with Gasteiger partial charge in [-0.2, -0.15) is 0 Å². The minimum absolute atomic E-state index is 0.0504. The minimum atomic E-state index is -0.462. The molecule has 13 nitrogen and oxygen atoms in total. The van der Waals surface area contributed by atoms with Gasteiger partial charge in [-0.05, 0) is 98.9 Å². The largest absolute Gasteiger partial charge is 0.497 e. The van der Waals surface area contributed by atoms with E-state index in [9.17, 15) is 9.59 Å². The van der Waals surface area contributed by atoms with Crippen LogP contribution in [0.3, 0.4) is 0 Å². The molecule has 2 atom stereocenters. The molecule has 0 spiro atoms. The summed E-state index contributed by atoms with van der Waals surface area (Å²) < 4.78 is 29.8. The lowest BCUT2D eigenvalue weighted by atomic mass is 9.69. The smallest absolute Gasteiger partial charge is 0.271 e. The number of nitrogens with one attached hydrogen (secondary N) is 1. The van der Waals surface area contributed by atoms with E-state index < -0.39 is 6.29 Å². The molecule has 1 saturated heterocycles. The predicted molar refractivity (Wildman–Crippen MR) is 299 cm³/mol. The quantitative estimate of drug-likeness (QED) is 0.0783. The summed E-state index contributed by atoms with van der Waals surface area (Å²) in [6.45, 7) is 16.5. The molecule has 2 amide bonds. The number of carbonyl (C=O) groups is 2. The number of carbonyl (C=O) groups excluding carboxylic acids is 2. The maximum absolute atomic E-state index is 14.0.